The number of unbranched alkanes of at least 4 members (excludes halogenated alkanes) is 2. The van der Waals surface area contributed by atoms with Gasteiger partial charge in [-0.1, -0.05) is 44.4 Å². The molecule has 0 aliphatic rings. The van der Waals surface area contributed by atoms with Crippen molar-refractivity contribution in [3.63, 3.8) is 0 Å². The van der Waals surface area contributed by atoms with Crippen LogP contribution in [0.1, 0.15) is 32.6 Å². The first-order valence-electron chi connectivity index (χ1n) is 4.78. The van der Waals surface area contributed by atoms with Gasteiger partial charge in [0.05, 0.1) is 6.10 Å². The Labute approximate surface area is 80.0 Å². The number of hydrogen-bond acceptors (Lipinski definition) is 2. The van der Waals surface area contributed by atoms with E-state index in [1.807, 2.05) is 0 Å². The van der Waals surface area contributed by atoms with Crippen molar-refractivity contribution in [1.29, 1.82) is 0 Å². The summed E-state index contributed by atoms with van der Waals surface area (Å²) in [6, 6.07) is 0. The van der Waals surface area contributed by atoms with Gasteiger partial charge in [0.1, 0.15) is 6.29 Å². The molecule has 0 unspecified atom stereocenters. The first-order valence-corrected chi connectivity index (χ1v) is 4.78. The number of aliphatic hydroxyl groups excluding tert-OH is 1. The zero-order chi connectivity index (χ0) is 9.94. The van der Waals surface area contributed by atoms with Crippen molar-refractivity contribution >= 4 is 6.29 Å². The molecule has 0 aliphatic carbocycles. The number of aldehydes is 1. The lowest BCUT2D eigenvalue weighted by atomic mass is 10.1. The fourth-order valence-corrected chi connectivity index (χ4v) is 1.00. The molecule has 0 heterocycles. The highest BCUT2D eigenvalue weighted by Crippen LogP contribution is 2.03. The maximum Gasteiger partial charge on any atom is 0.142 e. The van der Waals surface area contributed by atoms with Gasteiger partial charge in [0.2, 0.25) is 0 Å². The summed E-state index contributed by atoms with van der Waals surface area (Å²) >= 11 is 0. The Hall–Kier alpha value is -0.890. The average Bonchev–Trinajstić information content (AvgIpc) is 2.13. The molecular formula is C11H18O2. The summed E-state index contributed by atoms with van der Waals surface area (Å²) in [5.41, 5.74) is 0. The van der Waals surface area contributed by atoms with Crippen molar-refractivity contribution in [2.75, 3.05) is 0 Å². The zero-order valence-electron chi connectivity index (χ0n) is 8.15. The molecule has 0 aromatic heterocycles. The highest BCUT2D eigenvalue weighted by atomic mass is 16.3. The van der Waals surface area contributed by atoms with Gasteiger partial charge in [-0.2, -0.15) is 0 Å². The van der Waals surface area contributed by atoms with Gasteiger partial charge >= 0.3 is 0 Å². The molecule has 0 bridgehead atoms. The molecular weight excluding hydrogens is 164 g/mol. The van der Waals surface area contributed by atoms with Crippen LogP contribution in [-0.2, 0) is 4.79 Å². The topological polar surface area (TPSA) is 37.3 Å². The van der Waals surface area contributed by atoms with E-state index >= 15 is 0 Å². The van der Waals surface area contributed by atoms with E-state index in [0.29, 0.717) is 6.29 Å². The molecule has 2 nitrogen and oxygen atoms in total. The van der Waals surface area contributed by atoms with E-state index in [-0.39, 0.29) is 6.10 Å². The van der Waals surface area contributed by atoms with Gasteiger partial charge in [0, 0.05) is 0 Å². The first-order chi connectivity index (χ1) is 6.31. The van der Waals surface area contributed by atoms with Crippen LogP contribution in [0.25, 0.3) is 0 Å². The third-order valence-electron chi connectivity index (χ3n) is 1.74. The fraction of sp³-hybridized carbons (Fsp3) is 0.545. The molecule has 1 atom stereocenters. The predicted octanol–water partition coefficient (Wildman–Crippen LogP) is 2.24. The van der Waals surface area contributed by atoms with Crippen LogP contribution in [0.2, 0.25) is 0 Å². The highest BCUT2D eigenvalue weighted by Gasteiger charge is 1.96. The molecule has 0 saturated carbocycles. The van der Waals surface area contributed by atoms with Crippen molar-refractivity contribution in [3.05, 3.63) is 24.3 Å². The standard InChI is InChI=1S/C11H18O2/c1-2-3-5-8-11(13)9-6-4-7-10-12/h4,6-7,9-11,13H,2-3,5,8H2,1H3/b7-4+,9-6+/t11-/m0/s1. The summed E-state index contributed by atoms with van der Waals surface area (Å²) in [5.74, 6) is 0. The van der Waals surface area contributed by atoms with E-state index in [2.05, 4.69) is 6.92 Å². The second-order valence-corrected chi connectivity index (χ2v) is 2.97. The molecule has 2 heteroatoms. The zero-order valence-corrected chi connectivity index (χ0v) is 8.15. The molecule has 0 rings (SSSR count). The lowest BCUT2D eigenvalue weighted by Gasteiger charge is -2.02. The normalized spacial score (nSPS) is 14.0. The van der Waals surface area contributed by atoms with Crippen LogP contribution >= 0.6 is 0 Å². The minimum Gasteiger partial charge on any atom is -0.389 e. The highest BCUT2D eigenvalue weighted by molar-refractivity contribution is 5.65. The largest absolute Gasteiger partial charge is 0.389 e. The Morgan fingerprint density at radius 1 is 1.23 bits per heavy atom. The Balaban J connectivity index is 3.48. The number of allylic oxidation sites excluding steroid dienone is 3. The van der Waals surface area contributed by atoms with Gasteiger partial charge in [0.15, 0.2) is 0 Å². The van der Waals surface area contributed by atoms with Crippen LogP contribution in [0.4, 0.5) is 0 Å². The van der Waals surface area contributed by atoms with E-state index in [1.165, 1.54) is 12.5 Å². The molecule has 13 heavy (non-hydrogen) atoms. The van der Waals surface area contributed by atoms with E-state index in [0.717, 1.165) is 19.3 Å². The van der Waals surface area contributed by atoms with Crippen molar-refractivity contribution in [3.8, 4) is 0 Å². The number of carbonyl (C=O) groups is 1. The SMILES string of the molecule is CCCCC[C@H](O)/C=C/C=C/C=O. The molecule has 0 amide bonds. The third-order valence-corrected chi connectivity index (χ3v) is 1.74. The van der Waals surface area contributed by atoms with Gasteiger partial charge in [-0.3, -0.25) is 4.79 Å². The van der Waals surface area contributed by atoms with Crippen molar-refractivity contribution in [2.24, 2.45) is 0 Å². The Morgan fingerprint density at radius 2 is 2.00 bits per heavy atom. The maximum atomic E-state index is 9.88. The first kappa shape index (κ1) is 12.1. The minimum absolute atomic E-state index is 0.372. The van der Waals surface area contributed by atoms with Gasteiger partial charge < -0.3 is 5.11 Å². The lowest BCUT2D eigenvalue weighted by Crippen LogP contribution is -2.00. The molecule has 0 saturated heterocycles. The van der Waals surface area contributed by atoms with Crippen molar-refractivity contribution in [1.82, 2.24) is 0 Å². The summed E-state index contributed by atoms with van der Waals surface area (Å²) in [7, 11) is 0. The quantitative estimate of drug-likeness (QED) is 0.284. The smallest absolute Gasteiger partial charge is 0.142 e. The number of rotatable bonds is 7. The minimum atomic E-state index is -0.372. The third kappa shape index (κ3) is 9.02. The second kappa shape index (κ2) is 9.20. The summed E-state index contributed by atoms with van der Waals surface area (Å²) in [5, 5.41) is 9.37. The average molecular weight is 182 g/mol. The second-order valence-electron chi connectivity index (χ2n) is 2.97. The Morgan fingerprint density at radius 3 is 2.62 bits per heavy atom. The molecule has 0 spiro atoms. The molecule has 0 aliphatic heterocycles. The van der Waals surface area contributed by atoms with E-state index in [9.17, 15) is 9.90 Å². The maximum absolute atomic E-state index is 9.88. The Kier molecular flexibility index (Phi) is 8.57. The molecule has 1 N–H and O–H groups in total. The van der Waals surface area contributed by atoms with Crippen LogP contribution in [0.5, 0.6) is 0 Å². The molecule has 0 aromatic carbocycles. The van der Waals surface area contributed by atoms with Gasteiger partial charge in [-0.05, 0) is 12.5 Å². The fourth-order valence-electron chi connectivity index (χ4n) is 1.00. The molecule has 0 radical (unpaired) electrons. The van der Waals surface area contributed by atoms with Crippen LogP contribution in [0.15, 0.2) is 24.3 Å². The summed E-state index contributed by atoms with van der Waals surface area (Å²) in [6.07, 6.45) is 11.0. The molecule has 0 aromatic rings. The van der Waals surface area contributed by atoms with Crippen molar-refractivity contribution < 1.29 is 9.90 Å². The molecule has 0 fully saturated rings. The van der Waals surface area contributed by atoms with E-state index in [4.69, 9.17) is 0 Å². The summed E-state index contributed by atoms with van der Waals surface area (Å²) in [6.45, 7) is 2.13. The van der Waals surface area contributed by atoms with Gasteiger partial charge in [0.25, 0.3) is 0 Å². The molecule has 74 valence electrons. The number of hydrogen-bond donors (Lipinski definition) is 1. The van der Waals surface area contributed by atoms with E-state index in [1.54, 1.807) is 18.2 Å². The van der Waals surface area contributed by atoms with Crippen molar-refractivity contribution in [2.45, 2.75) is 38.7 Å². The monoisotopic (exact) mass is 182 g/mol. The van der Waals surface area contributed by atoms with Crippen LogP contribution < -0.4 is 0 Å². The Bertz CT molecular complexity index is 171. The van der Waals surface area contributed by atoms with Gasteiger partial charge in [-0.25, -0.2) is 0 Å². The van der Waals surface area contributed by atoms with Gasteiger partial charge in [-0.15, -0.1) is 0 Å². The van der Waals surface area contributed by atoms with Crippen LogP contribution in [-0.4, -0.2) is 17.5 Å². The van der Waals surface area contributed by atoms with Crippen LogP contribution in [0, 0.1) is 0 Å². The number of aliphatic hydroxyl groups is 1. The summed E-state index contributed by atoms with van der Waals surface area (Å²) < 4.78 is 0. The number of carbonyl (C=O) groups excluding carboxylic acids is 1. The van der Waals surface area contributed by atoms with E-state index < -0.39 is 0 Å². The lowest BCUT2D eigenvalue weighted by molar-refractivity contribution is -0.104. The summed E-state index contributed by atoms with van der Waals surface area (Å²) in [4.78, 5) is 9.88. The van der Waals surface area contributed by atoms with Crippen LogP contribution in [0.3, 0.4) is 0 Å². The predicted molar refractivity (Wildman–Crippen MR) is 54.5 cm³/mol.